The summed E-state index contributed by atoms with van der Waals surface area (Å²) in [5.41, 5.74) is 1.66. The van der Waals surface area contributed by atoms with Gasteiger partial charge in [-0.15, -0.1) is 0 Å². The van der Waals surface area contributed by atoms with E-state index in [4.69, 9.17) is 0 Å². The van der Waals surface area contributed by atoms with E-state index >= 15 is 0 Å². The van der Waals surface area contributed by atoms with Gasteiger partial charge in [0.25, 0.3) is 0 Å². The normalized spacial score (nSPS) is 8.29. The average molecular weight is 168 g/mol. The quantitative estimate of drug-likeness (QED) is 0.318. The molecule has 4 heteroatoms. The Bertz CT molecular complexity index is 314. The smallest absolute Gasteiger partial charge is 0.398 e. The molecule has 0 spiro atoms. The molecule has 0 aliphatic heterocycles. The zero-order valence-corrected chi connectivity index (χ0v) is 8.36. The van der Waals surface area contributed by atoms with Gasteiger partial charge in [0.2, 0.25) is 0 Å². The summed E-state index contributed by atoms with van der Waals surface area (Å²) in [6.07, 6.45) is 5.51. The van der Waals surface area contributed by atoms with Crippen molar-refractivity contribution in [3.8, 4) is 11.4 Å². The summed E-state index contributed by atoms with van der Waals surface area (Å²) < 4.78 is 0. The Morgan fingerprint density at radius 2 is 1.21 bits per heavy atom. The fourth-order valence-corrected chi connectivity index (χ4v) is 0.938. The van der Waals surface area contributed by atoms with Gasteiger partial charge in [0.1, 0.15) is 0 Å². The molecule has 0 saturated heterocycles. The van der Waals surface area contributed by atoms with Gasteiger partial charge in [-0.3, -0.25) is 0 Å². The molecular formula is C10H6Li2N2. The van der Waals surface area contributed by atoms with E-state index in [1.807, 2.05) is 24.3 Å². The van der Waals surface area contributed by atoms with Crippen LogP contribution < -0.4 is 37.7 Å². The van der Waals surface area contributed by atoms with Crippen molar-refractivity contribution >= 4 is 0 Å². The number of pyridine rings is 2. The van der Waals surface area contributed by atoms with Crippen molar-refractivity contribution in [3.63, 3.8) is 0 Å². The van der Waals surface area contributed by atoms with Crippen molar-refractivity contribution in [1.82, 2.24) is 9.97 Å². The molecule has 2 aromatic heterocycles. The van der Waals surface area contributed by atoms with E-state index in [0.717, 1.165) is 11.4 Å². The Morgan fingerprint density at radius 1 is 0.786 bits per heavy atom. The maximum atomic E-state index is 4.04. The van der Waals surface area contributed by atoms with E-state index in [0.29, 0.717) is 0 Å². The summed E-state index contributed by atoms with van der Waals surface area (Å²) in [7, 11) is 0. The largest absolute Gasteiger partial charge is 1.00 e. The van der Waals surface area contributed by atoms with Crippen molar-refractivity contribution in [2.75, 3.05) is 0 Å². The van der Waals surface area contributed by atoms with Crippen molar-refractivity contribution in [2.45, 2.75) is 0 Å². The van der Waals surface area contributed by atoms with Crippen LogP contribution in [-0.2, 0) is 0 Å². The van der Waals surface area contributed by atoms with Crippen molar-refractivity contribution in [2.24, 2.45) is 0 Å². The molecule has 0 N–H and O–H groups in total. The number of hydrogen-bond acceptors (Lipinski definition) is 2. The zero-order valence-electron chi connectivity index (χ0n) is 8.36. The second kappa shape index (κ2) is 6.88. The van der Waals surface area contributed by atoms with Gasteiger partial charge in [0, 0.05) is 0 Å². The van der Waals surface area contributed by atoms with E-state index in [1.54, 1.807) is 12.1 Å². The molecule has 2 heterocycles. The van der Waals surface area contributed by atoms with Gasteiger partial charge in [-0.05, 0) is 0 Å². The molecule has 2 nitrogen and oxygen atoms in total. The summed E-state index contributed by atoms with van der Waals surface area (Å²) >= 11 is 0. The maximum Gasteiger partial charge on any atom is 1.00 e. The molecule has 0 bridgehead atoms. The minimum absolute atomic E-state index is 0. The van der Waals surface area contributed by atoms with Gasteiger partial charge in [0.05, 0.1) is 0 Å². The Hall–Kier alpha value is -0.505. The fourth-order valence-electron chi connectivity index (χ4n) is 0.938. The SMILES string of the molecule is [Li+].[Li+].[c-]1cccc(-c2ccc[c-]n2)n1. The molecule has 0 aliphatic rings. The molecule has 0 atom stereocenters. The molecule has 0 fully saturated rings. The molecule has 0 aromatic carbocycles. The van der Waals surface area contributed by atoms with Crippen LogP contribution in [0.4, 0.5) is 0 Å². The predicted octanol–water partition coefficient (Wildman–Crippen LogP) is -4.25. The van der Waals surface area contributed by atoms with Gasteiger partial charge in [0.15, 0.2) is 0 Å². The third-order valence-electron chi connectivity index (χ3n) is 1.48. The fraction of sp³-hybridized carbons (Fsp3) is 0. The third-order valence-corrected chi connectivity index (χ3v) is 1.48. The molecule has 0 saturated carbocycles. The summed E-state index contributed by atoms with van der Waals surface area (Å²) in [4.78, 5) is 8.08. The van der Waals surface area contributed by atoms with Gasteiger partial charge in [-0.1, -0.05) is 23.8 Å². The van der Waals surface area contributed by atoms with Gasteiger partial charge in [-0.25, -0.2) is 0 Å². The first kappa shape index (κ1) is 13.5. The Morgan fingerprint density at radius 3 is 1.50 bits per heavy atom. The van der Waals surface area contributed by atoms with Crippen molar-refractivity contribution < 1.29 is 37.7 Å². The second-order valence-electron chi connectivity index (χ2n) is 2.30. The topological polar surface area (TPSA) is 25.8 Å². The first-order chi connectivity index (χ1) is 5.97. The molecule has 14 heavy (non-hydrogen) atoms. The minimum Gasteiger partial charge on any atom is -0.398 e. The summed E-state index contributed by atoms with van der Waals surface area (Å²) in [5, 5.41) is 0. The first-order valence-corrected chi connectivity index (χ1v) is 3.63. The van der Waals surface area contributed by atoms with E-state index < -0.39 is 0 Å². The van der Waals surface area contributed by atoms with Crippen molar-refractivity contribution in [3.05, 3.63) is 48.8 Å². The number of aromatic nitrogens is 2. The van der Waals surface area contributed by atoms with Gasteiger partial charge < -0.3 is 9.97 Å². The van der Waals surface area contributed by atoms with Crippen molar-refractivity contribution in [1.29, 1.82) is 0 Å². The molecule has 58 valence electrons. The molecule has 2 rings (SSSR count). The van der Waals surface area contributed by atoms with Crippen LogP contribution in [-0.4, -0.2) is 9.97 Å². The Balaban J connectivity index is 0.000000845. The standard InChI is InChI=1S/C10H6N2.2Li/c1-3-7-11-9(5-1)10-6-2-4-8-12-10;;/h1-6H;;/q-2;2*+1. The number of rotatable bonds is 1. The van der Waals surface area contributed by atoms with Crippen LogP contribution in [0.25, 0.3) is 11.4 Å². The average Bonchev–Trinajstić information content (AvgIpc) is 2.21. The van der Waals surface area contributed by atoms with Gasteiger partial charge in [-0.2, -0.15) is 36.4 Å². The zero-order chi connectivity index (χ0) is 8.23. The molecule has 2 aromatic rings. The maximum absolute atomic E-state index is 4.04. The van der Waals surface area contributed by atoms with Crippen LogP contribution in [0.15, 0.2) is 36.4 Å². The van der Waals surface area contributed by atoms with Crippen LogP contribution in [0.5, 0.6) is 0 Å². The number of nitrogens with zero attached hydrogens (tertiary/aromatic N) is 2. The Labute approximate surface area is 108 Å². The van der Waals surface area contributed by atoms with E-state index in [-0.39, 0.29) is 37.7 Å². The molecule has 0 unspecified atom stereocenters. The molecular weight excluding hydrogens is 162 g/mol. The first-order valence-electron chi connectivity index (χ1n) is 3.63. The van der Waals surface area contributed by atoms with Crippen LogP contribution in [0.3, 0.4) is 0 Å². The number of hydrogen-bond donors (Lipinski definition) is 0. The molecule has 0 aliphatic carbocycles. The third kappa shape index (κ3) is 3.33. The Kier molecular flexibility index (Phi) is 6.63. The second-order valence-corrected chi connectivity index (χ2v) is 2.30. The summed E-state index contributed by atoms with van der Waals surface area (Å²) in [6.45, 7) is 0. The van der Waals surface area contributed by atoms with E-state index in [1.165, 1.54) is 0 Å². The van der Waals surface area contributed by atoms with Crippen LogP contribution >= 0.6 is 0 Å². The van der Waals surface area contributed by atoms with Crippen LogP contribution in [0, 0.1) is 12.4 Å². The summed E-state index contributed by atoms with van der Waals surface area (Å²) in [6, 6.07) is 11.1. The minimum atomic E-state index is 0. The van der Waals surface area contributed by atoms with Gasteiger partial charge >= 0.3 is 37.7 Å². The molecule has 0 amide bonds. The summed E-state index contributed by atoms with van der Waals surface area (Å²) in [5.74, 6) is 0. The van der Waals surface area contributed by atoms with E-state index in [9.17, 15) is 0 Å². The monoisotopic (exact) mass is 168 g/mol. The predicted molar refractivity (Wildman–Crippen MR) is 45.1 cm³/mol. The van der Waals surface area contributed by atoms with Crippen LogP contribution in [0.2, 0.25) is 0 Å². The van der Waals surface area contributed by atoms with E-state index in [2.05, 4.69) is 22.4 Å². The molecule has 0 radical (unpaired) electrons. The van der Waals surface area contributed by atoms with Crippen LogP contribution in [0.1, 0.15) is 0 Å².